The zero-order valence-corrected chi connectivity index (χ0v) is 16.6. The first kappa shape index (κ1) is 20.7. The van der Waals surface area contributed by atoms with E-state index >= 15 is 0 Å². The summed E-state index contributed by atoms with van der Waals surface area (Å²) < 4.78 is 1.63. The van der Waals surface area contributed by atoms with E-state index < -0.39 is 17.0 Å². The molecule has 29 heavy (non-hydrogen) atoms. The van der Waals surface area contributed by atoms with Gasteiger partial charge in [0.1, 0.15) is 5.82 Å². The van der Waals surface area contributed by atoms with E-state index in [-0.39, 0.29) is 38.0 Å². The third kappa shape index (κ3) is 4.35. The zero-order chi connectivity index (χ0) is 21.2. The molecule has 2 aromatic heterocycles. The van der Waals surface area contributed by atoms with Crippen LogP contribution < -0.4 is 15.5 Å². The lowest BCUT2D eigenvalue weighted by molar-refractivity contribution is -0.133. The Kier molecular flexibility index (Phi) is 5.53. The van der Waals surface area contributed by atoms with Crippen LogP contribution in [0.5, 0.6) is 0 Å². The summed E-state index contributed by atoms with van der Waals surface area (Å²) in [5.41, 5.74) is -1.58. The summed E-state index contributed by atoms with van der Waals surface area (Å²) in [5.74, 6) is -0.236. The number of carbonyl (C=O) groups excluding carboxylic acids is 2. The van der Waals surface area contributed by atoms with Gasteiger partial charge < -0.3 is 20.8 Å². The number of rotatable bonds is 7. The average Bonchev–Trinajstić information content (AvgIpc) is 3.27. The van der Waals surface area contributed by atoms with E-state index in [2.05, 4.69) is 25.7 Å². The molecule has 0 aliphatic carbocycles. The second-order valence-corrected chi connectivity index (χ2v) is 7.66. The quantitative estimate of drug-likeness (QED) is 0.495. The molecule has 0 bridgehead atoms. The van der Waals surface area contributed by atoms with Gasteiger partial charge in [0.15, 0.2) is 5.60 Å². The van der Waals surface area contributed by atoms with Gasteiger partial charge in [-0.3, -0.25) is 19.2 Å². The van der Waals surface area contributed by atoms with Crippen molar-refractivity contribution < 1.29 is 19.8 Å². The molecule has 0 aromatic carbocycles. The predicted octanol–water partition coefficient (Wildman–Crippen LogP) is -0.252. The molecule has 2 aromatic rings. The van der Waals surface area contributed by atoms with Crippen molar-refractivity contribution in [2.24, 2.45) is 0 Å². The number of nitrogens with one attached hydrogen (secondary N) is 2. The van der Waals surface area contributed by atoms with E-state index in [4.69, 9.17) is 0 Å². The Morgan fingerprint density at radius 2 is 2.17 bits per heavy atom. The van der Waals surface area contributed by atoms with Gasteiger partial charge in [0.05, 0.1) is 30.6 Å². The first-order valence-corrected chi connectivity index (χ1v) is 9.19. The highest BCUT2D eigenvalue weighted by Gasteiger charge is 2.46. The third-order valence-corrected chi connectivity index (χ3v) is 4.79. The van der Waals surface area contributed by atoms with E-state index in [9.17, 15) is 19.8 Å². The number of nitrogens with zero attached hydrogens (tertiary/aromatic N) is 5. The molecular weight excluding hydrogens is 378 g/mol. The molecule has 11 nitrogen and oxygen atoms in total. The number of anilines is 3. The van der Waals surface area contributed by atoms with Crippen LogP contribution in [0.4, 0.5) is 17.5 Å². The number of aliphatic hydroxyl groups is 2. The minimum absolute atomic E-state index is 0.0709. The Morgan fingerprint density at radius 3 is 2.86 bits per heavy atom. The summed E-state index contributed by atoms with van der Waals surface area (Å²) in [5, 5.41) is 29.7. The summed E-state index contributed by atoms with van der Waals surface area (Å²) in [6, 6.07) is 1.57. The van der Waals surface area contributed by atoms with Crippen LogP contribution >= 0.6 is 0 Å². The van der Waals surface area contributed by atoms with Crippen molar-refractivity contribution in [2.45, 2.75) is 38.3 Å². The fourth-order valence-corrected chi connectivity index (χ4v) is 2.89. The molecule has 0 spiro atoms. The monoisotopic (exact) mass is 403 g/mol. The van der Waals surface area contributed by atoms with Crippen molar-refractivity contribution >= 4 is 29.3 Å². The molecule has 1 fully saturated rings. The van der Waals surface area contributed by atoms with Crippen LogP contribution in [0.2, 0.25) is 0 Å². The van der Waals surface area contributed by atoms with E-state index in [1.54, 1.807) is 23.1 Å². The van der Waals surface area contributed by atoms with Gasteiger partial charge in [-0.15, -0.1) is 0 Å². The minimum atomic E-state index is -1.65. The molecular formula is C18H25N7O4. The molecule has 156 valence electrons. The Bertz CT molecular complexity index is 913. The molecule has 0 radical (unpaired) electrons. The minimum Gasteiger partial charge on any atom is -0.394 e. The van der Waals surface area contributed by atoms with Crippen LogP contribution in [0, 0.1) is 0 Å². The van der Waals surface area contributed by atoms with Crippen molar-refractivity contribution in [1.29, 1.82) is 0 Å². The number of amides is 2. The average molecular weight is 403 g/mol. The topological polar surface area (TPSA) is 146 Å². The van der Waals surface area contributed by atoms with E-state index in [0.29, 0.717) is 11.5 Å². The van der Waals surface area contributed by atoms with Gasteiger partial charge in [-0.2, -0.15) is 10.1 Å². The Hall–Kier alpha value is -3.05. The van der Waals surface area contributed by atoms with E-state index in [0.717, 1.165) is 0 Å². The Balaban J connectivity index is 1.73. The van der Waals surface area contributed by atoms with E-state index in [1.807, 2.05) is 13.8 Å². The van der Waals surface area contributed by atoms with Crippen LogP contribution in [0.25, 0.3) is 0 Å². The van der Waals surface area contributed by atoms with Crippen LogP contribution in [0.1, 0.15) is 27.2 Å². The number of carbonyl (C=O) groups is 2. The SMILES string of the molecule is CC(=O)NC[C@@]1(O)CCN(c2ccnc(Nc3cnn(C(C)(C)CO)c3)n2)C1=O. The zero-order valence-electron chi connectivity index (χ0n) is 16.6. The molecule has 3 heterocycles. The summed E-state index contributed by atoms with van der Waals surface area (Å²) in [6.45, 7) is 5.08. The molecule has 3 rings (SSSR count). The lowest BCUT2D eigenvalue weighted by Gasteiger charge is -2.22. The van der Waals surface area contributed by atoms with Gasteiger partial charge in [-0.05, 0) is 19.9 Å². The van der Waals surface area contributed by atoms with E-state index in [1.165, 1.54) is 18.0 Å². The number of hydrogen-bond donors (Lipinski definition) is 4. The van der Waals surface area contributed by atoms with Crippen molar-refractivity contribution in [3.63, 3.8) is 0 Å². The molecule has 2 amide bonds. The highest BCUT2D eigenvalue weighted by atomic mass is 16.3. The summed E-state index contributed by atoms with van der Waals surface area (Å²) >= 11 is 0. The normalized spacial score (nSPS) is 19.5. The van der Waals surface area contributed by atoms with Crippen molar-refractivity contribution in [1.82, 2.24) is 25.1 Å². The maximum absolute atomic E-state index is 12.7. The lowest BCUT2D eigenvalue weighted by Crippen LogP contribution is -2.48. The van der Waals surface area contributed by atoms with Gasteiger partial charge in [0.2, 0.25) is 11.9 Å². The summed E-state index contributed by atoms with van der Waals surface area (Å²) in [6.07, 6.45) is 4.99. The van der Waals surface area contributed by atoms with Gasteiger partial charge in [0, 0.05) is 32.3 Å². The van der Waals surface area contributed by atoms with Crippen molar-refractivity contribution in [3.8, 4) is 0 Å². The fourth-order valence-electron chi connectivity index (χ4n) is 2.89. The molecule has 11 heteroatoms. The van der Waals surface area contributed by atoms with Crippen molar-refractivity contribution in [3.05, 3.63) is 24.7 Å². The van der Waals surface area contributed by atoms with Crippen LogP contribution in [0.3, 0.4) is 0 Å². The van der Waals surface area contributed by atoms with Crippen LogP contribution in [-0.2, 0) is 15.1 Å². The highest BCUT2D eigenvalue weighted by Crippen LogP contribution is 2.27. The number of aromatic nitrogens is 4. The molecule has 0 unspecified atom stereocenters. The second-order valence-electron chi connectivity index (χ2n) is 7.66. The molecule has 1 saturated heterocycles. The van der Waals surface area contributed by atoms with Crippen molar-refractivity contribution in [2.75, 3.05) is 29.9 Å². The molecule has 0 saturated carbocycles. The third-order valence-electron chi connectivity index (χ3n) is 4.79. The Morgan fingerprint density at radius 1 is 1.41 bits per heavy atom. The second kappa shape index (κ2) is 7.76. The highest BCUT2D eigenvalue weighted by molar-refractivity contribution is 6.01. The summed E-state index contributed by atoms with van der Waals surface area (Å²) in [4.78, 5) is 33.6. The summed E-state index contributed by atoms with van der Waals surface area (Å²) in [7, 11) is 0. The van der Waals surface area contributed by atoms with Gasteiger partial charge in [-0.1, -0.05) is 0 Å². The molecule has 1 atom stereocenters. The molecule has 1 aliphatic rings. The Labute approximate surface area is 167 Å². The largest absolute Gasteiger partial charge is 0.394 e. The smallest absolute Gasteiger partial charge is 0.262 e. The molecule has 1 aliphatic heterocycles. The van der Waals surface area contributed by atoms with Gasteiger partial charge in [0.25, 0.3) is 5.91 Å². The number of aliphatic hydroxyl groups excluding tert-OH is 1. The first-order valence-electron chi connectivity index (χ1n) is 9.19. The van der Waals surface area contributed by atoms with Crippen LogP contribution in [-0.4, -0.2) is 67.1 Å². The molecule has 4 N–H and O–H groups in total. The maximum Gasteiger partial charge on any atom is 0.262 e. The first-order chi connectivity index (χ1) is 13.6. The van der Waals surface area contributed by atoms with Crippen LogP contribution in [0.15, 0.2) is 24.7 Å². The standard InChI is InChI=1S/C18H25N7O4/c1-12(27)20-10-18(29)5-7-24(15(18)28)14-4-6-19-16(23-14)22-13-8-21-25(9-13)17(2,3)11-26/h4,6,8-9,26,29H,5,7,10-11H2,1-3H3,(H,20,27)(H,19,22,23)/t18-/m0/s1. The lowest BCUT2D eigenvalue weighted by atomic mass is 10.0. The van der Waals surface area contributed by atoms with Gasteiger partial charge >= 0.3 is 0 Å². The fraction of sp³-hybridized carbons (Fsp3) is 0.500. The maximum atomic E-state index is 12.7. The van der Waals surface area contributed by atoms with Gasteiger partial charge in [-0.25, -0.2) is 4.98 Å². The number of hydrogen-bond acceptors (Lipinski definition) is 8. The predicted molar refractivity (Wildman–Crippen MR) is 105 cm³/mol.